The summed E-state index contributed by atoms with van der Waals surface area (Å²) < 4.78 is 2.57. The Morgan fingerprint density at radius 3 is 2.10 bits per heavy atom. The smallest absolute Gasteiger partial charge is 0.160 e. The topological polar surface area (TPSA) is 25.8 Å². The number of aromatic nitrogens is 2. The van der Waals surface area contributed by atoms with E-state index in [-0.39, 0.29) is 5.92 Å². The van der Waals surface area contributed by atoms with Crippen molar-refractivity contribution in [3.05, 3.63) is 168 Å². The molecule has 0 saturated heterocycles. The van der Waals surface area contributed by atoms with Gasteiger partial charge < -0.3 is 0 Å². The van der Waals surface area contributed by atoms with Gasteiger partial charge >= 0.3 is 0 Å². The van der Waals surface area contributed by atoms with Gasteiger partial charge in [0.15, 0.2) is 5.82 Å². The van der Waals surface area contributed by atoms with Crippen LogP contribution in [0.3, 0.4) is 0 Å². The Morgan fingerprint density at radius 1 is 0.420 bits per heavy atom. The molecule has 3 heteroatoms. The normalized spacial score (nSPS) is 14.2. The average Bonchev–Trinajstić information content (AvgIpc) is 3.83. The maximum atomic E-state index is 5.26. The molecule has 2 heterocycles. The van der Waals surface area contributed by atoms with E-state index in [1.165, 1.54) is 75.3 Å². The standard InChI is InChI=1S/C47H26N2S/c1-2-10-27(11-3-1)45-37-22-17-26-9-4-5-12-30(26)46(37)49-47(48-45)29-19-20-32-39-23-28-18-21-36-35-16-8-15-33-31-13-6-7-14-34(31)44(42(33)35)43(36)38(28)25-41(39)50-40(32)24-29/h1-25,44H. The predicted molar refractivity (Wildman–Crippen MR) is 210 cm³/mol. The zero-order chi connectivity index (χ0) is 32.5. The molecule has 2 aromatic heterocycles. The largest absolute Gasteiger partial charge is 0.227 e. The second kappa shape index (κ2) is 9.72. The fraction of sp³-hybridized carbons (Fsp3) is 0.0213. The molecule has 230 valence electrons. The van der Waals surface area contributed by atoms with Crippen molar-refractivity contribution in [2.75, 3.05) is 0 Å². The molecule has 1 atom stereocenters. The Hall–Kier alpha value is -6.16. The zero-order valence-corrected chi connectivity index (χ0v) is 27.6. The van der Waals surface area contributed by atoms with Crippen LogP contribution in [0.25, 0.3) is 97.5 Å². The third-order valence-corrected chi connectivity index (χ3v) is 12.2. The van der Waals surface area contributed by atoms with Crippen LogP contribution in [-0.4, -0.2) is 9.97 Å². The van der Waals surface area contributed by atoms with Crippen LogP contribution in [-0.2, 0) is 0 Å². The predicted octanol–water partition coefficient (Wildman–Crippen LogP) is 12.8. The van der Waals surface area contributed by atoms with E-state index in [1.807, 2.05) is 11.3 Å². The molecule has 0 amide bonds. The molecular weight excluding hydrogens is 625 g/mol. The summed E-state index contributed by atoms with van der Waals surface area (Å²) in [7, 11) is 0. The van der Waals surface area contributed by atoms with Crippen LogP contribution >= 0.6 is 11.3 Å². The van der Waals surface area contributed by atoms with Crippen LogP contribution in [0, 0.1) is 0 Å². The van der Waals surface area contributed by atoms with E-state index in [9.17, 15) is 0 Å². The van der Waals surface area contributed by atoms with Gasteiger partial charge in [0, 0.05) is 48.0 Å². The minimum atomic E-state index is 0.287. The summed E-state index contributed by atoms with van der Waals surface area (Å²) in [4.78, 5) is 10.5. The highest BCUT2D eigenvalue weighted by Gasteiger charge is 2.39. The van der Waals surface area contributed by atoms with Gasteiger partial charge in [-0.2, -0.15) is 0 Å². The van der Waals surface area contributed by atoms with Crippen molar-refractivity contribution in [2.24, 2.45) is 0 Å². The van der Waals surface area contributed by atoms with E-state index in [0.717, 1.165) is 38.9 Å². The molecular formula is C47H26N2S. The zero-order valence-electron chi connectivity index (χ0n) is 26.8. The van der Waals surface area contributed by atoms with E-state index in [0.29, 0.717) is 0 Å². The maximum absolute atomic E-state index is 5.26. The number of benzene rings is 8. The van der Waals surface area contributed by atoms with Crippen molar-refractivity contribution >= 4 is 64.0 Å². The van der Waals surface area contributed by atoms with Crippen LogP contribution in [0.15, 0.2) is 152 Å². The number of nitrogens with zero attached hydrogens (tertiary/aromatic N) is 2. The Kier molecular flexibility index (Phi) is 5.20. The van der Waals surface area contributed by atoms with Crippen molar-refractivity contribution in [1.29, 1.82) is 0 Å². The van der Waals surface area contributed by atoms with E-state index in [1.54, 1.807) is 0 Å². The fourth-order valence-electron chi connectivity index (χ4n) is 8.91. The van der Waals surface area contributed by atoms with E-state index < -0.39 is 0 Å². The maximum Gasteiger partial charge on any atom is 0.160 e. The van der Waals surface area contributed by atoms with Gasteiger partial charge in [-0.1, -0.05) is 127 Å². The van der Waals surface area contributed by atoms with Gasteiger partial charge in [-0.25, -0.2) is 9.97 Å². The van der Waals surface area contributed by atoms with Gasteiger partial charge in [0.1, 0.15) is 0 Å². The summed E-state index contributed by atoms with van der Waals surface area (Å²) in [6.45, 7) is 0. The molecule has 0 N–H and O–H groups in total. The van der Waals surface area contributed by atoms with Gasteiger partial charge in [-0.05, 0) is 79.4 Å². The van der Waals surface area contributed by atoms with Crippen molar-refractivity contribution in [3.63, 3.8) is 0 Å². The number of fused-ring (bicyclic) bond motifs is 14. The van der Waals surface area contributed by atoms with E-state index in [4.69, 9.17) is 9.97 Å². The summed E-state index contributed by atoms with van der Waals surface area (Å²) in [5.74, 6) is 1.04. The van der Waals surface area contributed by atoms with Gasteiger partial charge in [-0.15, -0.1) is 11.3 Å². The van der Waals surface area contributed by atoms with Gasteiger partial charge in [0.25, 0.3) is 0 Å². The van der Waals surface area contributed by atoms with Crippen LogP contribution in [0.4, 0.5) is 0 Å². The Balaban J connectivity index is 1.06. The molecule has 8 aromatic carbocycles. The summed E-state index contributed by atoms with van der Waals surface area (Å²) in [6, 6.07) is 55.5. The first kappa shape index (κ1) is 26.8. The number of rotatable bonds is 2. The van der Waals surface area contributed by atoms with Gasteiger partial charge in [-0.3, -0.25) is 0 Å². The molecule has 10 aromatic rings. The van der Waals surface area contributed by atoms with Gasteiger partial charge in [0.05, 0.1) is 11.2 Å². The van der Waals surface area contributed by atoms with E-state index in [2.05, 4.69) is 152 Å². The van der Waals surface area contributed by atoms with E-state index >= 15 is 0 Å². The Bertz CT molecular complexity index is 3100. The average molecular weight is 651 g/mol. The quantitative estimate of drug-likeness (QED) is 0.174. The molecule has 0 fully saturated rings. The van der Waals surface area contributed by atoms with Gasteiger partial charge in [0.2, 0.25) is 0 Å². The summed E-state index contributed by atoms with van der Waals surface area (Å²) in [5, 5.41) is 8.65. The lowest BCUT2D eigenvalue weighted by Gasteiger charge is -2.14. The number of thiophene rings is 1. The molecule has 12 rings (SSSR count). The number of hydrogen-bond donors (Lipinski definition) is 0. The molecule has 2 aliphatic rings. The van der Waals surface area contributed by atoms with Crippen LogP contribution in [0.5, 0.6) is 0 Å². The molecule has 0 aliphatic heterocycles. The monoisotopic (exact) mass is 650 g/mol. The van der Waals surface area contributed by atoms with Crippen LogP contribution in [0.2, 0.25) is 0 Å². The van der Waals surface area contributed by atoms with Crippen molar-refractivity contribution in [2.45, 2.75) is 5.92 Å². The highest BCUT2D eigenvalue weighted by atomic mass is 32.1. The van der Waals surface area contributed by atoms with Crippen LogP contribution < -0.4 is 0 Å². The molecule has 0 spiro atoms. The molecule has 0 bridgehead atoms. The first-order valence-corrected chi connectivity index (χ1v) is 18.0. The third kappa shape index (κ3) is 3.52. The first-order chi connectivity index (χ1) is 24.8. The minimum absolute atomic E-state index is 0.287. The highest BCUT2D eigenvalue weighted by Crippen LogP contribution is 2.59. The molecule has 50 heavy (non-hydrogen) atoms. The Labute approximate surface area is 292 Å². The van der Waals surface area contributed by atoms with Crippen molar-refractivity contribution < 1.29 is 0 Å². The highest BCUT2D eigenvalue weighted by molar-refractivity contribution is 7.25. The SMILES string of the molecule is c1ccc(-c2nc(-c3ccc4c(c3)sc3cc5c6c(ccc5cc34)-c3cccc4c3C6c3ccccc3-4)nc3c2ccc2ccccc23)cc1. The molecule has 0 radical (unpaired) electrons. The first-order valence-electron chi connectivity index (χ1n) is 17.2. The summed E-state index contributed by atoms with van der Waals surface area (Å²) in [6.07, 6.45) is 0. The number of hydrogen-bond acceptors (Lipinski definition) is 3. The summed E-state index contributed by atoms with van der Waals surface area (Å²) >= 11 is 1.87. The second-order valence-electron chi connectivity index (χ2n) is 13.6. The molecule has 0 saturated carbocycles. The van der Waals surface area contributed by atoms with Crippen LogP contribution in [0.1, 0.15) is 22.6 Å². The Morgan fingerprint density at radius 2 is 1.16 bits per heavy atom. The lowest BCUT2D eigenvalue weighted by Crippen LogP contribution is -1.96. The lowest BCUT2D eigenvalue weighted by atomic mass is 9.89. The molecule has 2 nitrogen and oxygen atoms in total. The minimum Gasteiger partial charge on any atom is -0.227 e. The lowest BCUT2D eigenvalue weighted by molar-refractivity contribution is 1.07. The van der Waals surface area contributed by atoms with Crippen molar-refractivity contribution in [3.8, 4) is 44.9 Å². The summed E-state index contributed by atoms with van der Waals surface area (Å²) in [5.41, 5.74) is 14.0. The third-order valence-electron chi connectivity index (χ3n) is 11.1. The fourth-order valence-corrected chi connectivity index (χ4v) is 10.1. The molecule has 1 unspecified atom stereocenters. The van der Waals surface area contributed by atoms with Crippen molar-refractivity contribution in [1.82, 2.24) is 9.97 Å². The second-order valence-corrected chi connectivity index (χ2v) is 14.7. The molecule has 2 aliphatic carbocycles.